The lowest BCUT2D eigenvalue weighted by atomic mass is 10.2. The maximum absolute atomic E-state index is 12.3. The lowest BCUT2D eigenvalue weighted by molar-refractivity contribution is -0.139. The number of nitrogens with one attached hydrogen (secondary N) is 1. The van der Waals surface area contributed by atoms with Crippen molar-refractivity contribution < 1.29 is 14.3 Å². The predicted molar refractivity (Wildman–Crippen MR) is 73.5 cm³/mol. The molecular formula is C14H20N2O3. The molecule has 1 amide bonds. The molecule has 0 bridgehead atoms. The van der Waals surface area contributed by atoms with Crippen LogP contribution in [0.2, 0.25) is 0 Å². The van der Waals surface area contributed by atoms with Crippen molar-refractivity contribution in [1.29, 1.82) is 0 Å². The van der Waals surface area contributed by atoms with Crippen molar-refractivity contribution >= 4 is 11.6 Å². The Morgan fingerprint density at radius 3 is 3.05 bits per heavy atom. The van der Waals surface area contributed by atoms with E-state index in [1.54, 1.807) is 19.1 Å². The fourth-order valence-electron chi connectivity index (χ4n) is 2.05. The Balaban J connectivity index is 2.02. The summed E-state index contributed by atoms with van der Waals surface area (Å²) < 4.78 is 10.8. The molecule has 1 heterocycles. The molecular weight excluding hydrogens is 244 g/mol. The zero-order valence-corrected chi connectivity index (χ0v) is 11.6. The van der Waals surface area contributed by atoms with Gasteiger partial charge in [-0.15, -0.1) is 0 Å². The number of hydrogen-bond acceptors (Lipinski definition) is 4. The molecule has 0 aromatic heterocycles. The fraction of sp³-hybridized carbons (Fsp3) is 0.500. The Labute approximate surface area is 113 Å². The van der Waals surface area contributed by atoms with Gasteiger partial charge < -0.3 is 19.7 Å². The lowest BCUT2D eigenvalue weighted by Crippen LogP contribution is -2.49. The largest absolute Gasteiger partial charge is 0.477 e. The lowest BCUT2D eigenvalue weighted by Gasteiger charge is -2.32. The van der Waals surface area contributed by atoms with Gasteiger partial charge in [-0.25, -0.2) is 0 Å². The molecule has 5 heteroatoms. The van der Waals surface area contributed by atoms with Crippen molar-refractivity contribution in [2.75, 3.05) is 32.6 Å². The predicted octanol–water partition coefficient (Wildman–Crippen LogP) is 1.35. The van der Waals surface area contributed by atoms with Gasteiger partial charge in [0.2, 0.25) is 0 Å². The highest BCUT2D eigenvalue weighted by Gasteiger charge is 2.29. The second-order valence-electron chi connectivity index (χ2n) is 4.74. The van der Waals surface area contributed by atoms with Gasteiger partial charge in [0.15, 0.2) is 6.10 Å². The van der Waals surface area contributed by atoms with Crippen molar-refractivity contribution in [3.8, 4) is 5.75 Å². The van der Waals surface area contributed by atoms with E-state index in [0.717, 1.165) is 11.4 Å². The van der Waals surface area contributed by atoms with Crippen LogP contribution in [0.4, 0.5) is 5.69 Å². The minimum atomic E-state index is -0.487. The van der Waals surface area contributed by atoms with E-state index in [0.29, 0.717) is 13.2 Å². The van der Waals surface area contributed by atoms with Crippen LogP contribution in [0, 0.1) is 0 Å². The van der Waals surface area contributed by atoms with Gasteiger partial charge >= 0.3 is 0 Å². The first-order chi connectivity index (χ1) is 9.13. The van der Waals surface area contributed by atoms with Crippen LogP contribution in [0.3, 0.4) is 0 Å². The summed E-state index contributed by atoms with van der Waals surface area (Å²) in [5, 5.41) is 3.22. The number of carbonyl (C=O) groups excluding carboxylic acids is 1. The minimum absolute atomic E-state index is 0.0262. The van der Waals surface area contributed by atoms with Crippen LogP contribution in [0.5, 0.6) is 5.75 Å². The van der Waals surface area contributed by atoms with Crippen molar-refractivity contribution in [2.45, 2.75) is 19.1 Å². The van der Waals surface area contributed by atoms with E-state index in [4.69, 9.17) is 9.47 Å². The van der Waals surface area contributed by atoms with Crippen molar-refractivity contribution in [2.24, 2.45) is 0 Å². The topological polar surface area (TPSA) is 50.8 Å². The molecule has 1 N–H and O–H groups in total. The van der Waals surface area contributed by atoms with Gasteiger partial charge in [-0.2, -0.15) is 0 Å². The van der Waals surface area contributed by atoms with Crippen LogP contribution in [0.1, 0.15) is 6.92 Å². The molecule has 0 saturated heterocycles. The Morgan fingerprint density at radius 1 is 1.58 bits per heavy atom. The third kappa shape index (κ3) is 2.98. The van der Waals surface area contributed by atoms with Gasteiger partial charge in [0.25, 0.3) is 5.91 Å². The van der Waals surface area contributed by atoms with Gasteiger partial charge in [-0.3, -0.25) is 4.79 Å². The quantitative estimate of drug-likeness (QED) is 0.892. The Kier molecular flexibility index (Phi) is 4.27. The smallest absolute Gasteiger partial charge is 0.265 e. The van der Waals surface area contributed by atoms with E-state index in [9.17, 15) is 4.79 Å². The molecule has 1 aromatic rings. The van der Waals surface area contributed by atoms with Crippen molar-refractivity contribution in [1.82, 2.24) is 4.90 Å². The van der Waals surface area contributed by atoms with E-state index in [2.05, 4.69) is 5.32 Å². The number of methoxy groups -OCH3 is 1. The number of ether oxygens (including phenoxy) is 2. The Hall–Kier alpha value is -1.75. The van der Waals surface area contributed by atoms with Crippen LogP contribution in [0.25, 0.3) is 0 Å². The van der Waals surface area contributed by atoms with E-state index >= 15 is 0 Å². The summed E-state index contributed by atoms with van der Waals surface area (Å²) in [7, 11) is 3.40. The number of fused-ring (bicyclic) bond motifs is 1. The van der Waals surface area contributed by atoms with E-state index < -0.39 is 6.10 Å². The molecule has 0 spiro atoms. The molecule has 19 heavy (non-hydrogen) atoms. The normalized spacial score (nSPS) is 18.8. The molecule has 0 fully saturated rings. The highest BCUT2D eigenvalue weighted by atomic mass is 16.5. The average Bonchev–Trinajstić information content (AvgIpc) is 2.45. The maximum atomic E-state index is 12.3. The van der Waals surface area contributed by atoms with Crippen molar-refractivity contribution in [3.05, 3.63) is 24.3 Å². The van der Waals surface area contributed by atoms with E-state index in [-0.39, 0.29) is 11.9 Å². The number of nitrogens with zero attached hydrogens (tertiary/aromatic N) is 1. The third-order valence-electron chi connectivity index (χ3n) is 3.33. The van der Waals surface area contributed by atoms with Crippen LogP contribution >= 0.6 is 0 Å². The number of amides is 1. The molecule has 0 radical (unpaired) electrons. The molecule has 0 saturated carbocycles. The molecule has 0 aliphatic carbocycles. The monoisotopic (exact) mass is 264 g/mol. The number of hydrogen-bond donors (Lipinski definition) is 1. The molecule has 2 rings (SSSR count). The van der Waals surface area contributed by atoms with Crippen molar-refractivity contribution in [3.63, 3.8) is 0 Å². The molecule has 1 aliphatic rings. The first-order valence-electron chi connectivity index (χ1n) is 6.38. The third-order valence-corrected chi connectivity index (χ3v) is 3.33. The standard InChI is InChI=1S/C14H20N2O3/c1-10(9-18-3)16(2)14(17)13-8-15-11-6-4-5-7-12(11)19-13/h4-7,10,13,15H,8-9H2,1-3H3. The van der Waals surface area contributed by atoms with E-state index in [1.165, 1.54) is 0 Å². The highest BCUT2D eigenvalue weighted by Crippen LogP contribution is 2.28. The number of rotatable bonds is 4. The summed E-state index contributed by atoms with van der Waals surface area (Å²) in [6.45, 7) is 2.95. The van der Waals surface area contributed by atoms with Gasteiger partial charge in [-0.05, 0) is 19.1 Å². The summed E-state index contributed by atoms with van der Waals surface area (Å²) in [6.07, 6.45) is -0.487. The van der Waals surface area contributed by atoms with Crippen LogP contribution in [0.15, 0.2) is 24.3 Å². The summed E-state index contributed by atoms with van der Waals surface area (Å²) in [6, 6.07) is 7.65. The maximum Gasteiger partial charge on any atom is 0.265 e. The zero-order valence-electron chi connectivity index (χ0n) is 11.6. The number of likely N-dealkylation sites (N-methyl/N-ethyl adjacent to an activating group) is 1. The van der Waals surface area contributed by atoms with Crippen LogP contribution < -0.4 is 10.1 Å². The Morgan fingerprint density at radius 2 is 2.32 bits per heavy atom. The van der Waals surface area contributed by atoms with Crippen LogP contribution in [-0.2, 0) is 9.53 Å². The number of carbonyl (C=O) groups is 1. The number of para-hydroxylation sites is 2. The summed E-state index contributed by atoms with van der Waals surface area (Å²) in [5.41, 5.74) is 0.930. The van der Waals surface area contributed by atoms with E-state index in [1.807, 2.05) is 31.2 Å². The summed E-state index contributed by atoms with van der Waals surface area (Å²) in [4.78, 5) is 14.0. The molecule has 1 aliphatic heterocycles. The molecule has 104 valence electrons. The number of anilines is 1. The summed E-state index contributed by atoms with van der Waals surface area (Å²) in [5.74, 6) is 0.687. The van der Waals surface area contributed by atoms with Gasteiger partial charge in [0.1, 0.15) is 5.75 Å². The van der Waals surface area contributed by atoms with Gasteiger partial charge in [0.05, 0.1) is 24.9 Å². The second kappa shape index (κ2) is 5.93. The number of benzene rings is 1. The minimum Gasteiger partial charge on any atom is -0.477 e. The summed E-state index contributed by atoms with van der Waals surface area (Å²) >= 11 is 0. The average molecular weight is 264 g/mol. The highest BCUT2D eigenvalue weighted by molar-refractivity contribution is 5.83. The fourth-order valence-corrected chi connectivity index (χ4v) is 2.05. The molecule has 5 nitrogen and oxygen atoms in total. The molecule has 2 atom stereocenters. The molecule has 2 unspecified atom stereocenters. The van der Waals surface area contributed by atoms with Gasteiger partial charge in [0, 0.05) is 14.2 Å². The molecule has 1 aromatic carbocycles. The SMILES string of the molecule is COCC(C)N(C)C(=O)C1CNc2ccccc2O1. The zero-order chi connectivity index (χ0) is 13.8. The van der Waals surface area contributed by atoms with Gasteiger partial charge in [-0.1, -0.05) is 12.1 Å². The van der Waals surface area contributed by atoms with Crippen LogP contribution in [-0.4, -0.2) is 50.3 Å². The Bertz CT molecular complexity index is 450. The first kappa shape index (κ1) is 13.7. The first-order valence-corrected chi connectivity index (χ1v) is 6.38. The second-order valence-corrected chi connectivity index (χ2v) is 4.74.